The fraction of sp³-hybridized carbons (Fsp3) is 0.231. The molecule has 0 radical (unpaired) electrons. The molecule has 1 aromatic heterocycles. The molecular weight excluding hydrogens is 565 g/mol. The van der Waals surface area contributed by atoms with Gasteiger partial charge in [0.2, 0.25) is 0 Å². The number of hydrogen-bond acceptors (Lipinski definition) is 8. The van der Waals surface area contributed by atoms with E-state index in [1.807, 2.05) is 6.07 Å². The maximum atomic E-state index is 13.7. The molecule has 11 heteroatoms. The lowest BCUT2D eigenvalue weighted by Crippen LogP contribution is -2.39. The Labute approximate surface area is 223 Å². The molecule has 190 valence electrons. The monoisotopic (exact) mass is 585 g/mol. The molecule has 0 spiro atoms. The zero-order valence-corrected chi connectivity index (χ0v) is 22.5. The van der Waals surface area contributed by atoms with Gasteiger partial charge < -0.3 is 14.2 Å². The molecule has 0 amide bonds. The molecule has 0 saturated carbocycles. The summed E-state index contributed by atoms with van der Waals surface area (Å²) in [4.78, 5) is 31.5. The second-order valence-electron chi connectivity index (χ2n) is 7.83. The molecule has 0 fully saturated rings. The lowest BCUT2D eigenvalue weighted by atomic mass is 9.96. The van der Waals surface area contributed by atoms with Crippen molar-refractivity contribution >= 4 is 39.3 Å². The standard InChI is InChI=1S/C26H21BrFN3O5S/c1-4-35-25(33)21-14(2)30-26-31(22(21)16-5-7-17(28)8-6-16)24(32)20(37-26)13-15-11-18(27)23(36-10-9-29)19(12-15)34-3/h5-8,11-13,22H,4,10H2,1-3H3. The van der Waals surface area contributed by atoms with Crippen molar-refractivity contribution in [2.45, 2.75) is 19.9 Å². The number of ether oxygens (including phenoxy) is 3. The van der Waals surface area contributed by atoms with Gasteiger partial charge >= 0.3 is 5.97 Å². The predicted molar refractivity (Wildman–Crippen MR) is 139 cm³/mol. The van der Waals surface area contributed by atoms with Crippen LogP contribution in [-0.2, 0) is 9.53 Å². The van der Waals surface area contributed by atoms with Gasteiger partial charge in [0.15, 0.2) is 22.9 Å². The van der Waals surface area contributed by atoms with Crippen LogP contribution >= 0.6 is 27.3 Å². The van der Waals surface area contributed by atoms with Crippen molar-refractivity contribution in [1.29, 1.82) is 5.26 Å². The number of aromatic nitrogens is 1. The fourth-order valence-electron chi connectivity index (χ4n) is 3.97. The summed E-state index contributed by atoms with van der Waals surface area (Å²) < 4.78 is 32.1. The number of thiazole rings is 1. The average Bonchev–Trinajstić information content (AvgIpc) is 3.17. The highest BCUT2D eigenvalue weighted by Crippen LogP contribution is 2.37. The maximum Gasteiger partial charge on any atom is 0.338 e. The van der Waals surface area contributed by atoms with Gasteiger partial charge in [-0.1, -0.05) is 23.5 Å². The molecular formula is C26H21BrFN3O5S. The van der Waals surface area contributed by atoms with E-state index in [-0.39, 0.29) is 24.3 Å². The number of nitrogens with zero attached hydrogens (tertiary/aromatic N) is 3. The number of benzene rings is 2. The Hall–Kier alpha value is -3.75. The van der Waals surface area contributed by atoms with Gasteiger partial charge in [0, 0.05) is 0 Å². The van der Waals surface area contributed by atoms with E-state index < -0.39 is 17.8 Å². The molecule has 2 aromatic carbocycles. The third-order valence-electron chi connectivity index (χ3n) is 5.53. The fourth-order valence-corrected chi connectivity index (χ4v) is 5.59. The van der Waals surface area contributed by atoms with E-state index in [4.69, 9.17) is 19.5 Å². The van der Waals surface area contributed by atoms with Gasteiger partial charge in [-0.15, -0.1) is 0 Å². The second kappa shape index (κ2) is 11.1. The van der Waals surface area contributed by atoms with Crippen molar-refractivity contribution < 1.29 is 23.4 Å². The summed E-state index contributed by atoms with van der Waals surface area (Å²) in [5.74, 6) is -0.271. The van der Waals surface area contributed by atoms with Crippen LogP contribution in [0.1, 0.15) is 31.0 Å². The average molecular weight is 586 g/mol. The Balaban J connectivity index is 1.90. The summed E-state index contributed by atoms with van der Waals surface area (Å²) in [5, 5.41) is 8.83. The number of rotatable bonds is 7. The van der Waals surface area contributed by atoms with E-state index in [1.54, 1.807) is 32.1 Å². The van der Waals surface area contributed by atoms with Gasteiger partial charge in [0.05, 0.1) is 40.0 Å². The van der Waals surface area contributed by atoms with E-state index in [2.05, 4.69) is 20.9 Å². The SMILES string of the molecule is CCOC(=O)C1=C(C)N=c2sc(=Cc3cc(Br)c(OCC#N)c(OC)c3)c(=O)n2C1c1ccc(F)cc1. The first-order valence-corrected chi connectivity index (χ1v) is 12.7. The number of carbonyl (C=O) groups excluding carboxylic acids is 1. The van der Waals surface area contributed by atoms with Gasteiger partial charge in [-0.05, 0) is 71.2 Å². The first-order chi connectivity index (χ1) is 17.8. The van der Waals surface area contributed by atoms with Crippen LogP contribution in [0, 0.1) is 17.1 Å². The molecule has 0 bridgehead atoms. The molecule has 1 aliphatic rings. The summed E-state index contributed by atoms with van der Waals surface area (Å²) in [7, 11) is 1.47. The first-order valence-electron chi connectivity index (χ1n) is 11.1. The quantitative estimate of drug-likeness (QED) is 0.392. The van der Waals surface area contributed by atoms with Crippen LogP contribution < -0.4 is 24.4 Å². The number of hydrogen-bond donors (Lipinski definition) is 0. The summed E-state index contributed by atoms with van der Waals surface area (Å²) in [6, 6.07) is 10.1. The topological polar surface area (TPSA) is 103 Å². The van der Waals surface area contributed by atoms with Crippen molar-refractivity contribution in [1.82, 2.24) is 4.57 Å². The first kappa shape index (κ1) is 26.3. The van der Waals surface area contributed by atoms with Gasteiger partial charge in [0.25, 0.3) is 5.56 Å². The molecule has 1 atom stereocenters. The van der Waals surface area contributed by atoms with Gasteiger partial charge in [-0.25, -0.2) is 14.2 Å². The molecule has 0 N–H and O–H groups in total. The normalized spacial score (nSPS) is 15.0. The Morgan fingerprint density at radius 1 is 1.32 bits per heavy atom. The van der Waals surface area contributed by atoms with Crippen LogP contribution in [0.5, 0.6) is 11.5 Å². The Morgan fingerprint density at radius 3 is 2.70 bits per heavy atom. The molecule has 2 heterocycles. The van der Waals surface area contributed by atoms with Crippen molar-refractivity contribution in [3.8, 4) is 17.6 Å². The highest BCUT2D eigenvalue weighted by atomic mass is 79.9. The number of fused-ring (bicyclic) bond motifs is 1. The molecule has 3 aromatic rings. The van der Waals surface area contributed by atoms with Crippen LogP contribution in [0.2, 0.25) is 0 Å². The third kappa shape index (κ3) is 5.21. The van der Waals surface area contributed by atoms with Crippen molar-refractivity contribution in [3.05, 3.63) is 88.8 Å². The number of allylic oxidation sites excluding steroid dienone is 1. The Morgan fingerprint density at radius 2 is 2.05 bits per heavy atom. The second-order valence-corrected chi connectivity index (χ2v) is 9.70. The van der Waals surface area contributed by atoms with Crippen molar-refractivity contribution in [3.63, 3.8) is 0 Å². The Kier molecular flexibility index (Phi) is 7.90. The minimum atomic E-state index is -0.832. The van der Waals surface area contributed by atoms with Crippen LogP contribution in [0.15, 0.2) is 61.9 Å². The van der Waals surface area contributed by atoms with E-state index in [9.17, 15) is 14.0 Å². The summed E-state index contributed by atoms with van der Waals surface area (Å²) in [5.41, 5.74) is 1.46. The molecule has 37 heavy (non-hydrogen) atoms. The largest absolute Gasteiger partial charge is 0.493 e. The lowest BCUT2D eigenvalue weighted by molar-refractivity contribution is -0.139. The molecule has 0 saturated heterocycles. The number of nitriles is 1. The predicted octanol–water partition coefficient (Wildman–Crippen LogP) is 3.61. The number of halogens is 2. The van der Waals surface area contributed by atoms with Gasteiger partial charge in [0.1, 0.15) is 11.9 Å². The minimum absolute atomic E-state index is 0.154. The molecule has 1 unspecified atom stereocenters. The zero-order chi connectivity index (χ0) is 26.7. The number of esters is 1. The summed E-state index contributed by atoms with van der Waals surface area (Å²) in [6.07, 6.45) is 1.68. The highest BCUT2D eigenvalue weighted by Gasteiger charge is 2.33. The third-order valence-corrected chi connectivity index (χ3v) is 7.11. The molecule has 4 rings (SSSR count). The minimum Gasteiger partial charge on any atom is -0.493 e. The van der Waals surface area contributed by atoms with Crippen molar-refractivity contribution in [2.24, 2.45) is 4.99 Å². The van der Waals surface area contributed by atoms with Crippen LogP contribution in [0.3, 0.4) is 0 Å². The van der Waals surface area contributed by atoms with Gasteiger partial charge in [-0.2, -0.15) is 5.26 Å². The highest BCUT2D eigenvalue weighted by molar-refractivity contribution is 9.10. The van der Waals surface area contributed by atoms with E-state index in [1.165, 1.54) is 35.9 Å². The van der Waals surface area contributed by atoms with E-state index in [0.717, 1.165) is 11.3 Å². The zero-order valence-electron chi connectivity index (χ0n) is 20.1. The van der Waals surface area contributed by atoms with Crippen molar-refractivity contribution in [2.75, 3.05) is 20.3 Å². The van der Waals surface area contributed by atoms with Gasteiger partial charge in [-0.3, -0.25) is 9.36 Å². The van der Waals surface area contributed by atoms with Crippen LogP contribution in [-0.4, -0.2) is 30.9 Å². The van der Waals surface area contributed by atoms with E-state index in [0.29, 0.717) is 42.1 Å². The smallest absolute Gasteiger partial charge is 0.338 e. The molecule has 8 nitrogen and oxygen atoms in total. The molecule has 0 aliphatic carbocycles. The molecule has 1 aliphatic heterocycles. The van der Waals surface area contributed by atoms with Crippen LogP contribution in [0.25, 0.3) is 6.08 Å². The Bertz CT molecular complexity index is 1620. The lowest BCUT2D eigenvalue weighted by Gasteiger charge is -2.24. The number of carbonyl (C=O) groups is 1. The van der Waals surface area contributed by atoms with Crippen LogP contribution in [0.4, 0.5) is 4.39 Å². The summed E-state index contributed by atoms with van der Waals surface area (Å²) >= 11 is 4.59. The van der Waals surface area contributed by atoms with E-state index >= 15 is 0 Å². The number of methoxy groups -OCH3 is 1. The maximum absolute atomic E-state index is 13.7. The summed E-state index contributed by atoms with van der Waals surface area (Å²) in [6.45, 7) is 3.38.